The minimum absolute atomic E-state index is 0.0521. The molecule has 0 bridgehead atoms. The Morgan fingerprint density at radius 3 is 2.37 bits per heavy atom. The van der Waals surface area contributed by atoms with E-state index >= 15 is 0 Å². The van der Waals surface area contributed by atoms with E-state index in [1.807, 2.05) is 12.1 Å². The van der Waals surface area contributed by atoms with Crippen molar-refractivity contribution in [2.75, 3.05) is 26.2 Å². The topological polar surface area (TPSA) is 84.0 Å². The number of carbonyl (C=O) groups excluding carboxylic acids is 2. The van der Waals surface area contributed by atoms with Crippen molar-refractivity contribution in [2.45, 2.75) is 23.8 Å². The average molecular weight is 449 g/mol. The fourth-order valence-electron chi connectivity index (χ4n) is 3.91. The summed E-state index contributed by atoms with van der Waals surface area (Å²) in [6.07, 6.45) is 0.284. The molecule has 0 aromatic heterocycles. The molecule has 9 heteroatoms. The maximum atomic E-state index is 13.2. The third-order valence-electron chi connectivity index (χ3n) is 5.52. The van der Waals surface area contributed by atoms with Gasteiger partial charge in [-0.1, -0.05) is 41.9 Å². The van der Waals surface area contributed by atoms with Crippen molar-refractivity contribution >= 4 is 33.5 Å². The summed E-state index contributed by atoms with van der Waals surface area (Å²) in [5.74, 6) is -0.840. The number of benzene rings is 2. The Bertz CT molecular complexity index is 1110. The number of rotatable bonds is 3. The minimum atomic E-state index is -3.75. The fraction of sp³-hybridized carbons (Fsp3) is 0.333. The zero-order valence-corrected chi connectivity index (χ0v) is 17.9. The van der Waals surface area contributed by atoms with E-state index in [4.69, 9.17) is 16.3 Å². The van der Waals surface area contributed by atoms with Crippen molar-refractivity contribution in [3.05, 3.63) is 64.7 Å². The van der Waals surface area contributed by atoms with Gasteiger partial charge in [0.15, 0.2) is 5.60 Å². The first-order valence-corrected chi connectivity index (χ1v) is 11.4. The molecule has 4 rings (SSSR count). The van der Waals surface area contributed by atoms with E-state index < -0.39 is 21.6 Å². The molecule has 2 aliphatic rings. The average Bonchev–Trinajstić information content (AvgIpc) is 2.73. The summed E-state index contributed by atoms with van der Waals surface area (Å²) in [6, 6.07) is 13.4. The Hall–Kier alpha value is -2.42. The van der Waals surface area contributed by atoms with Crippen molar-refractivity contribution in [3.63, 3.8) is 0 Å². The number of hydrogen-bond donors (Lipinski definition) is 0. The molecule has 0 spiro atoms. The second kappa shape index (κ2) is 7.68. The van der Waals surface area contributed by atoms with E-state index in [-0.39, 0.29) is 48.4 Å². The lowest BCUT2D eigenvalue weighted by Crippen LogP contribution is -2.58. The van der Waals surface area contributed by atoms with Gasteiger partial charge >= 0.3 is 5.97 Å². The van der Waals surface area contributed by atoms with E-state index in [0.29, 0.717) is 5.56 Å². The van der Waals surface area contributed by atoms with Gasteiger partial charge in [-0.05, 0) is 30.7 Å². The zero-order valence-electron chi connectivity index (χ0n) is 16.4. The highest BCUT2D eigenvalue weighted by atomic mass is 35.5. The van der Waals surface area contributed by atoms with Crippen LogP contribution < -0.4 is 0 Å². The lowest BCUT2D eigenvalue weighted by Gasteiger charge is -2.40. The van der Waals surface area contributed by atoms with Crippen LogP contribution in [0.5, 0.6) is 0 Å². The Kier molecular flexibility index (Phi) is 5.34. The molecule has 1 unspecified atom stereocenters. The van der Waals surface area contributed by atoms with Crippen LogP contribution in [0.1, 0.15) is 22.8 Å². The summed E-state index contributed by atoms with van der Waals surface area (Å²) >= 11 is 6.06. The smallest absolute Gasteiger partial charge is 0.339 e. The molecule has 0 saturated carbocycles. The van der Waals surface area contributed by atoms with Crippen LogP contribution in [0.2, 0.25) is 5.02 Å². The number of amides is 1. The normalized spacial score (nSPS) is 22.3. The van der Waals surface area contributed by atoms with Crippen LogP contribution in [-0.4, -0.2) is 61.3 Å². The monoisotopic (exact) mass is 448 g/mol. The van der Waals surface area contributed by atoms with Crippen LogP contribution in [-0.2, 0) is 26.0 Å². The predicted octanol–water partition coefficient (Wildman–Crippen LogP) is 2.34. The van der Waals surface area contributed by atoms with E-state index in [1.54, 1.807) is 36.1 Å². The molecule has 1 amide bonds. The quantitative estimate of drug-likeness (QED) is 0.673. The summed E-state index contributed by atoms with van der Waals surface area (Å²) in [7, 11) is -3.75. The standard InChI is InChI=1S/C21H21ClN2O5S/c1-21(14-15-6-2-3-7-16(15)19(25)29-21)20(26)23-10-12-24(13-11-23)30(27,28)18-9-5-4-8-17(18)22/h2-9H,10-14H2,1H3. The van der Waals surface area contributed by atoms with Gasteiger partial charge in [0, 0.05) is 32.6 Å². The number of halogens is 1. The first kappa shape index (κ1) is 20.8. The number of piperazine rings is 1. The molecule has 2 aliphatic heterocycles. The summed E-state index contributed by atoms with van der Waals surface area (Å²) in [5.41, 5.74) is -0.0714. The van der Waals surface area contributed by atoms with E-state index in [0.717, 1.165) is 5.56 Å². The van der Waals surface area contributed by atoms with Crippen LogP contribution in [0.25, 0.3) is 0 Å². The van der Waals surface area contributed by atoms with Gasteiger partial charge < -0.3 is 9.64 Å². The molecule has 2 aromatic carbocycles. The first-order valence-electron chi connectivity index (χ1n) is 9.58. The molecular weight excluding hydrogens is 428 g/mol. The SMILES string of the molecule is CC1(C(=O)N2CCN(S(=O)(=O)c3ccccc3Cl)CC2)Cc2ccccc2C(=O)O1. The maximum absolute atomic E-state index is 13.2. The maximum Gasteiger partial charge on any atom is 0.339 e. The van der Waals surface area contributed by atoms with E-state index in [1.165, 1.54) is 16.4 Å². The Morgan fingerprint density at radius 1 is 1.03 bits per heavy atom. The summed E-state index contributed by atoms with van der Waals surface area (Å²) < 4.78 is 32.6. The highest BCUT2D eigenvalue weighted by Gasteiger charge is 2.45. The largest absolute Gasteiger partial charge is 0.445 e. The van der Waals surface area contributed by atoms with Gasteiger partial charge in [-0.25, -0.2) is 13.2 Å². The van der Waals surface area contributed by atoms with Gasteiger partial charge in [0.2, 0.25) is 10.0 Å². The molecular formula is C21H21ClN2O5S. The summed E-state index contributed by atoms with van der Waals surface area (Å²) in [6.45, 7) is 2.30. The lowest BCUT2D eigenvalue weighted by molar-refractivity contribution is -0.152. The molecule has 30 heavy (non-hydrogen) atoms. The number of ether oxygens (including phenoxy) is 1. The van der Waals surface area contributed by atoms with Gasteiger partial charge in [-0.15, -0.1) is 0 Å². The highest BCUT2D eigenvalue weighted by Crippen LogP contribution is 2.31. The second-order valence-electron chi connectivity index (χ2n) is 7.58. The van der Waals surface area contributed by atoms with Crippen molar-refractivity contribution in [1.29, 1.82) is 0 Å². The molecule has 158 valence electrons. The highest BCUT2D eigenvalue weighted by molar-refractivity contribution is 7.89. The number of sulfonamides is 1. The Balaban J connectivity index is 1.48. The molecule has 1 saturated heterocycles. The van der Waals surface area contributed by atoms with Crippen molar-refractivity contribution in [3.8, 4) is 0 Å². The zero-order chi connectivity index (χ0) is 21.5. The number of nitrogens with zero attached hydrogens (tertiary/aromatic N) is 2. The van der Waals surface area contributed by atoms with Crippen LogP contribution in [0.4, 0.5) is 0 Å². The first-order chi connectivity index (χ1) is 14.2. The Morgan fingerprint density at radius 2 is 1.67 bits per heavy atom. The molecule has 1 fully saturated rings. The predicted molar refractivity (Wildman–Crippen MR) is 111 cm³/mol. The molecule has 0 aliphatic carbocycles. The van der Waals surface area contributed by atoms with Crippen molar-refractivity contribution in [1.82, 2.24) is 9.21 Å². The van der Waals surface area contributed by atoms with E-state index in [9.17, 15) is 18.0 Å². The number of hydrogen-bond acceptors (Lipinski definition) is 5. The minimum Gasteiger partial charge on any atom is -0.445 e. The number of cyclic esters (lactones) is 1. The van der Waals surface area contributed by atoms with Crippen molar-refractivity contribution in [2.24, 2.45) is 0 Å². The molecule has 2 aromatic rings. The summed E-state index contributed by atoms with van der Waals surface area (Å²) in [4.78, 5) is 27.1. The summed E-state index contributed by atoms with van der Waals surface area (Å²) in [5, 5.41) is 0.163. The Labute approximate surface area is 180 Å². The van der Waals surface area contributed by atoms with Gasteiger partial charge in [0.1, 0.15) is 4.90 Å². The molecule has 7 nitrogen and oxygen atoms in total. The number of esters is 1. The fourth-order valence-corrected chi connectivity index (χ4v) is 5.83. The second-order valence-corrected chi connectivity index (χ2v) is 9.89. The van der Waals surface area contributed by atoms with E-state index in [2.05, 4.69) is 0 Å². The molecule has 1 atom stereocenters. The van der Waals surface area contributed by atoms with Gasteiger partial charge in [-0.3, -0.25) is 4.79 Å². The van der Waals surface area contributed by atoms with Gasteiger partial charge in [-0.2, -0.15) is 4.31 Å². The van der Waals surface area contributed by atoms with Gasteiger partial charge in [0.05, 0.1) is 10.6 Å². The van der Waals surface area contributed by atoms with Crippen LogP contribution in [0.3, 0.4) is 0 Å². The van der Waals surface area contributed by atoms with Gasteiger partial charge in [0.25, 0.3) is 5.91 Å². The lowest BCUT2D eigenvalue weighted by atomic mass is 9.89. The number of fused-ring (bicyclic) bond motifs is 1. The van der Waals surface area contributed by atoms with Crippen LogP contribution in [0.15, 0.2) is 53.4 Å². The third-order valence-corrected chi connectivity index (χ3v) is 7.91. The van der Waals surface area contributed by atoms with Crippen molar-refractivity contribution < 1.29 is 22.7 Å². The third kappa shape index (κ3) is 3.59. The number of carbonyl (C=O) groups is 2. The van der Waals surface area contributed by atoms with Crippen LogP contribution >= 0.6 is 11.6 Å². The molecule has 0 N–H and O–H groups in total. The van der Waals surface area contributed by atoms with Crippen LogP contribution in [0, 0.1) is 0 Å². The molecule has 0 radical (unpaired) electrons. The molecule has 2 heterocycles.